The van der Waals surface area contributed by atoms with Gasteiger partial charge in [-0.1, -0.05) is 0 Å². The molecule has 0 aliphatic rings. The minimum absolute atomic E-state index is 0.0713. The zero-order chi connectivity index (χ0) is 14.8. The van der Waals surface area contributed by atoms with E-state index in [0.717, 1.165) is 21.2 Å². The highest BCUT2D eigenvalue weighted by Crippen LogP contribution is 2.27. The fraction of sp³-hybridized carbons (Fsp3) is 0.125. The molecule has 1 aromatic carbocycles. The van der Waals surface area contributed by atoms with E-state index >= 15 is 0 Å². The topological polar surface area (TPSA) is 68.0 Å². The maximum Gasteiger partial charge on any atom is 0.261 e. The van der Waals surface area contributed by atoms with Gasteiger partial charge in [-0.2, -0.15) is 0 Å². The molecule has 0 unspecified atom stereocenters. The van der Waals surface area contributed by atoms with Crippen molar-refractivity contribution in [1.82, 2.24) is 10.3 Å². The summed E-state index contributed by atoms with van der Waals surface area (Å²) in [6.45, 7) is 2.49. The van der Waals surface area contributed by atoms with Crippen LogP contribution in [0.2, 0.25) is 0 Å². The van der Waals surface area contributed by atoms with Crippen LogP contribution in [0.3, 0.4) is 0 Å². The Morgan fingerprint density at radius 2 is 2.19 bits per heavy atom. The van der Waals surface area contributed by atoms with Gasteiger partial charge in [-0.05, 0) is 53.8 Å². The Morgan fingerprint density at radius 1 is 1.33 bits per heavy atom. The number of pyridine rings is 1. The van der Waals surface area contributed by atoms with Crippen molar-refractivity contribution in [3.8, 4) is 0 Å². The number of carbonyl (C=O) groups is 1. The van der Waals surface area contributed by atoms with E-state index in [-0.39, 0.29) is 5.91 Å². The van der Waals surface area contributed by atoms with E-state index in [2.05, 4.69) is 10.3 Å². The first-order chi connectivity index (χ1) is 10.1. The average Bonchev–Trinajstić information content (AvgIpc) is 2.89. The molecule has 2 heterocycles. The lowest BCUT2D eigenvalue weighted by molar-refractivity contribution is 0.0955. The molecule has 4 nitrogen and oxygen atoms in total. The maximum atomic E-state index is 12.2. The molecule has 0 radical (unpaired) electrons. The van der Waals surface area contributed by atoms with Gasteiger partial charge in [0.05, 0.1) is 4.88 Å². The number of fused-ring (bicyclic) bond motifs is 1. The van der Waals surface area contributed by atoms with Crippen LogP contribution < -0.4 is 11.1 Å². The molecule has 0 aliphatic heterocycles. The third kappa shape index (κ3) is 2.87. The van der Waals surface area contributed by atoms with Crippen molar-refractivity contribution < 1.29 is 4.79 Å². The Kier molecular flexibility index (Phi) is 3.58. The van der Waals surface area contributed by atoms with Gasteiger partial charge in [0.1, 0.15) is 0 Å². The molecule has 106 valence electrons. The van der Waals surface area contributed by atoms with Gasteiger partial charge in [0.25, 0.3) is 5.91 Å². The number of rotatable bonds is 3. The number of benzene rings is 1. The Hall–Kier alpha value is -2.40. The van der Waals surface area contributed by atoms with Crippen molar-refractivity contribution in [3.63, 3.8) is 0 Å². The number of hydrogen-bond donors (Lipinski definition) is 2. The Morgan fingerprint density at radius 3 is 3.00 bits per heavy atom. The standard InChI is InChI=1S/C16H15N3OS/c1-10-4-5-18-8-12(10)9-19-16(20)15-7-11-6-13(17)2-3-14(11)21-15/h2-8H,9,17H2,1H3,(H,19,20). The quantitative estimate of drug-likeness (QED) is 0.730. The van der Waals surface area contributed by atoms with Crippen LogP contribution in [0.4, 0.5) is 5.69 Å². The predicted molar refractivity (Wildman–Crippen MR) is 86.4 cm³/mol. The summed E-state index contributed by atoms with van der Waals surface area (Å²) in [6.07, 6.45) is 3.53. The van der Waals surface area contributed by atoms with Crippen LogP contribution in [0.25, 0.3) is 10.1 Å². The summed E-state index contributed by atoms with van der Waals surface area (Å²) in [5.41, 5.74) is 8.61. The number of nitrogen functional groups attached to an aromatic ring is 1. The number of nitrogens with zero attached hydrogens (tertiary/aromatic N) is 1. The van der Waals surface area contributed by atoms with Crippen LogP contribution in [0.1, 0.15) is 20.8 Å². The van der Waals surface area contributed by atoms with Gasteiger partial charge in [-0.3, -0.25) is 9.78 Å². The molecule has 0 bridgehead atoms. The van der Waals surface area contributed by atoms with Gasteiger partial charge < -0.3 is 11.1 Å². The first-order valence-corrected chi connectivity index (χ1v) is 7.42. The molecule has 0 spiro atoms. The third-order valence-electron chi connectivity index (χ3n) is 3.35. The summed E-state index contributed by atoms with van der Waals surface area (Å²) < 4.78 is 1.06. The van der Waals surface area contributed by atoms with Crippen LogP contribution in [-0.2, 0) is 6.54 Å². The monoisotopic (exact) mass is 297 g/mol. The zero-order valence-corrected chi connectivity index (χ0v) is 12.4. The van der Waals surface area contributed by atoms with E-state index in [1.165, 1.54) is 11.3 Å². The average molecular weight is 297 g/mol. The van der Waals surface area contributed by atoms with Crippen LogP contribution in [0, 0.1) is 6.92 Å². The summed E-state index contributed by atoms with van der Waals surface area (Å²) in [5, 5.41) is 3.93. The van der Waals surface area contributed by atoms with Crippen LogP contribution in [-0.4, -0.2) is 10.9 Å². The summed E-state index contributed by atoms with van der Waals surface area (Å²) in [5.74, 6) is -0.0713. The summed E-state index contributed by atoms with van der Waals surface area (Å²) in [7, 11) is 0. The zero-order valence-electron chi connectivity index (χ0n) is 11.6. The summed E-state index contributed by atoms with van der Waals surface area (Å²) in [6, 6.07) is 9.48. The molecule has 0 atom stereocenters. The second-order valence-electron chi connectivity index (χ2n) is 4.89. The first kappa shape index (κ1) is 13.6. The molecular weight excluding hydrogens is 282 g/mol. The summed E-state index contributed by atoms with van der Waals surface area (Å²) in [4.78, 5) is 17.0. The van der Waals surface area contributed by atoms with Crippen molar-refractivity contribution in [2.75, 3.05) is 5.73 Å². The number of anilines is 1. The van der Waals surface area contributed by atoms with Crippen LogP contribution >= 0.6 is 11.3 Å². The summed E-state index contributed by atoms with van der Waals surface area (Å²) >= 11 is 1.47. The van der Waals surface area contributed by atoms with E-state index in [1.54, 1.807) is 12.4 Å². The molecular formula is C16H15N3OS. The Bertz CT molecular complexity index is 810. The molecule has 2 aromatic heterocycles. The molecule has 3 aromatic rings. The highest BCUT2D eigenvalue weighted by molar-refractivity contribution is 7.20. The number of aryl methyl sites for hydroxylation is 1. The minimum atomic E-state index is -0.0713. The lowest BCUT2D eigenvalue weighted by atomic mass is 10.1. The lowest BCUT2D eigenvalue weighted by Crippen LogP contribution is -2.22. The van der Waals surface area contributed by atoms with Gasteiger partial charge in [0.15, 0.2) is 0 Å². The number of thiophene rings is 1. The fourth-order valence-corrected chi connectivity index (χ4v) is 3.08. The van der Waals surface area contributed by atoms with Crippen molar-refractivity contribution >= 4 is 33.0 Å². The van der Waals surface area contributed by atoms with Crippen molar-refractivity contribution in [3.05, 3.63) is 58.7 Å². The van der Waals surface area contributed by atoms with Crippen LogP contribution in [0.15, 0.2) is 42.7 Å². The number of nitrogens with two attached hydrogens (primary N) is 1. The highest BCUT2D eigenvalue weighted by atomic mass is 32.1. The van der Waals surface area contributed by atoms with Crippen LogP contribution in [0.5, 0.6) is 0 Å². The van der Waals surface area contributed by atoms with Gasteiger partial charge in [0.2, 0.25) is 0 Å². The molecule has 0 saturated carbocycles. The van der Waals surface area contributed by atoms with E-state index < -0.39 is 0 Å². The fourth-order valence-electron chi connectivity index (χ4n) is 2.12. The van der Waals surface area contributed by atoms with E-state index in [9.17, 15) is 4.79 Å². The van der Waals surface area contributed by atoms with Crippen molar-refractivity contribution in [2.24, 2.45) is 0 Å². The molecule has 1 amide bonds. The third-order valence-corrected chi connectivity index (χ3v) is 4.47. The second kappa shape index (κ2) is 5.54. The van der Waals surface area contributed by atoms with E-state index in [0.29, 0.717) is 17.1 Å². The van der Waals surface area contributed by atoms with Crippen molar-refractivity contribution in [1.29, 1.82) is 0 Å². The molecule has 3 N–H and O–H groups in total. The van der Waals surface area contributed by atoms with Crippen molar-refractivity contribution in [2.45, 2.75) is 13.5 Å². The smallest absolute Gasteiger partial charge is 0.261 e. The number of aromatic nitrogens is 1. The van der Waals surface area contributed by atoms with Gasteiger partial charge >= 0.3 is 0 Å². The Labute approximate surface area is 126 Å². The molecule has 3 rings (SSSR count). The number of nitrogens with one attached hydrogen (secondary N) is 1. The van der Waals surface area contributed by atoms with E-state index in [4.69, 9.17) is 5.73 Å². The number of hydrogen-bond acceptors (Lipinski definition) is 4. The normalized spacial score (nSPS) is 10.7. The molecule has 0 aliphatic carbocycles. The first-order valence-electron chi connectivity index (χ1n) is 6.60. The largest absolute Gasteiger partial charge is 0.399 e. The minimum Gasteiger partial charge on any atom is -0.399 e. The Balaban J connectivity index is 1.76. The SMILES string of the molecule is Cc1ccncc1CNC(=O)c1cc2cc(N)ccc2s1. The van der Waals surface area contributed by atoms with Gasteiger partial charge in [-0.15, -0.1) is 11.3 Å². The van der Waals surface area contributed by atoms with E-state index in [1.807, 2.05) is 37.3 Å². The molecule has 0 fully saturated rings. The molecule has 21 heavy (non-hydrogen) atoms. The lowest BCUT2D eigenvalue weighted by Gasteiger charge is -2.05. The van der Waals surface area contributed by atoms with Gasteiger partial charge in [0, 0.05) is 29.3 Å². The number of amides is 1. The maximum absolute atomic E-state index is 12.2. The van der Waals surface area contributed by atoms with Gasteiger partial charge in [-0.25, -0.2) is 0 Å². The number of carbonyl (C=O) groups excluding carboxylic acids is 1. The predicted octanol–water partition coefficient (Wildman–Crippen LogP) is 3.12. The molecule has 5 heteroatoms. The highest BCUT2D eigenvalue weighted by Gasteiger charge is 2.10. The molecule has 0 saturated heterocycles. The second-order valence-corrected chi connectivity index (χ2v) is 5.98.